The van der Waals surface area contributed by atoms with Gasteiger partial charge < -0.3 is 9.94 Å². The van der Waals surface area contributed by atoms with Crippen molar-refractivity contribution in [3.05, 3.63) is 29.6 Å². The second kappa shape index (κ2) is 7.23. The van der Waals surface area contributed by atoms with Crippen LogP contribution in [0.25, 0.3) is 0 Å². The van der Waals surface area contributed by atoms with E-state index in [9.17, 15) is 12.8 Å². The van der Waals surface area contributed by atoms with E-state index >= 15 is 0 Å². The molecular formula is C13H18FNO4S. The van der Waals surface area contributed by atoms with Crippen molar-refractivity contribution in [1.82, 2.24) is 0 Å². The maximum atomic E-state index is 13.2. The van der Waals surface area contributed by atoms with E-state index < -0.39 is 15.7 Å². The van der Waals surface area contributed by atoms with Crippen LogP contribution in [0.3, 0.4) is 0 Å². The average Bonchev–Trinajstić information content (AvgIpc) is 2.43. The molecule has 0 saturated carbocycles. The highest BCUT2D eigenvalue weighted by Gasteiger charge is 2.10. The van der Waals surface area contributed by atoms with E-state index in [1.807, 2.05) is 0 Å². The molecule has 1 N–H and O–H groups in total. The van der Waals surface area contributed by atoms with E-state index in [0.29, 0.717) is 17.7 Å². The second-order valence-corrected chi connectivity index (χ2v) is 6.74. The minimum Gasteiger partial charge on any atom is -0.493 e. The number of benzene rings is 1. The molecule has 1 rings (SSSR count). The van der Waals surface area contributed by atoms with Gasteiger partial charge in [0.1, 0.15) is 21.4 Å². The molecule has 0 unspecified atom stereocenters. The number of oxime groups is 1. The maximum absolute atomic E-state index is 13.2. The molecule has 1 aromatic carbocycles. The van der Waals surface area contributed by atoms with Crippen molar-refractivity contribution in [2.24, 2.45) is 5.16 Å². The highest BCUT2D eigenvalue weighted by molar-refractivity contribution is 7.91. The van der Waals surface area contributed by atoms with Gasteiger partial charge in [0, 0.05) is 17.4 Å². The molecule has 112 valence electrons. The Balaban J connectivity index is 2.70. The molecule has 5 nitrogen and oxygen atoms in total. The van der Waals surface area contributed by atoms with Crippen molar-refractivity contribution in [2.75, 3.05) is 18.1 Å². The van der Waals surface area contributed by atoms with Crippen LogP contribution in [0.4, 0.5) is 4.39 Å². The first kappa shape index (κ1) is 16.4. The number of nitrogens with zero attached hydrogens (tertiary/aromatic N) is 1. The summed E-state index contributed by atoms with van der Waals surface area (Å²) in [6.07, 6.45) is 0.321. The lowest BCUT2D eigenvalue weighted by Gasteiger charge is -2.11. The summed E-state index contributed by atoms with van der Waals surface area (Å²) in [5.74, 6) is -0.125. The van der Waals surface area contributed by atoms with Crippen LogP contribution >= 0.6 is 0 Å². The molecule has 0 saturated heterocycles. The largest absolute Gasteiger partial charge is 0.493 e. The highest BCUT2D eigenvalue weighted by atomic mass is 32.2. The van der Waals surface area contributed by atoms with Crippen molar-refractivity contribution < 1.29 is 22.8 Å². The Labute approximate surface area is 118 Å². The number of hydrogen-bond acceptors (Lipinski definition) is 5. The Kier molecular flexibility index (Phi) is 5.94. The van der Waals surface area contributed by atoms with Gasteiger partial charge >= 0.3 is 0 Å². The zero-order valence-electron chi connectivity index (χ0n) is 11.5. The molecule has 1 aromatic rings. The van der Waals surface area contributed by atoms with Crippen molar-refractivity contribution >= 4 is 15.5 Å². The van der Waals surface area contributed by atoms with E-state index in [4.69, 9.17) is 9.94 Å². The van der Waals surface area contributed by atoms with Gasteiger partial charge in [0.15, 0.2) is 0 Å². The molecule has 0 atom stereocenters. The molecule has 0 aromatic heterocycles. The highest BCUT2D eigenvalue weighted by Crippen LogP contribution is 2.21. The first-order valence-electron chi connectivity index (χ1n) is 6.21. The van der Waals surface area contributed by atoms with Gasteiger partial charge in [-0.2, -0.15) is 0 Å². The first-order chi connectivity index (χ1) is 9.39. The predicted octanol–water partition coefficient (Wildman–Crippen LogP) is 2.23. The minimum atomic E-state index is -3.03. The zero-order valence-corrected chi connectivity index (χ0v) is 12.3. The monoisotopic (exact) mass is 303 g/mol. The van der Waals surface area contributed by atoms with Crippen LogP contribution in [0.15, 0.2) is 23.4 Å². The lowest BCUT2D eigenvalue weighted by Crippen LogP contribution is -2.12. The van der Waals surface area contributed by atoms with Gasteiger partial charge in [-0.3, -0.25) is 0 Å². The standard InChI is InChI=1S/C13H18FNO4S/c1-3-20(17,18)8-4-7-19-13-9-11(14)5-6-12(13)10(2)15-16/h5-6,9,16H,3-4,7-8H2,1-2H3. The predicted molar refractivity (Wildman–Crippen MR) is 74.8 cm³/mol. The lowest BCUT2D eigenvalue weighted by molar-refractivity contribution is 0.311. The average molecular weight is 303 g/mol. The minimum absolute atomic E-state index is 0.0290. The molecule has 20 heavy (non-hydrogen) atoms. The third-order valence-corrected chi connectivity index (χ3v) is 4.57. The van der Waals surface area contributed by atoms with Gasteiger partial charge in [-0.25, -0.2) is 12.8 Å². The Morgan fingerprint density at radius 3 is 2.75 bits per heavy atom. The Morgan fingerprint density at radius 2 is 2.15 bits per heavy atom. The van der Waals surface area contributed by atoms with Crippen LogP contribution < -0.4 is 4.74 Å². The van der Waals surface area contributed by atoms with Gasteiger partial charge in [0.05, 0.1) is 18.1 Å². The fourth-order valence-corrected chi connectivity index (χ4v) is 2.42. The summed E-state index contributed by atoms with van der Waals surface area (Å²) in [7, 11) is -3.03. The zero-order chi connectivity index (χ0) is 15.2. The topological polar surface area (TPSA) is 76.0 Å². The number of rotatable bonds is 7. The van der Waals surface area contributed by atoms with Crippen molar-refractivity contribution in [2.45, 2.75) is 20.3 Å². The molecule has 0 amide bonds. The Hall–Kier alpha value is -1.63. The number of ether oxygens (including phenoxy) is 1. The summed E-state index contributed by atoms with van der Waals surface area (Å²) in [6.45, 7) is 3.29. The van der Waals surface area contributed by atoms with E-state index in [0.717, 1.165) is 0 Å². The third kappa shape index (κ3) is 4.80. The van der Waals surface area contributed by atoms with Gasteiger partial charge in [-0.15, -0.1) is 0 Å². The molecule has 0 aliphatic rings. The van der Waals surface area contributed by atoms with Gasteiger partial charge in [0.2, 0.25) is 0 Å². The van der Waals surface area contributed by atoms with Gasteiger partial charge in [-0.05, 0) is 25.5 Å². The fraction of sp³-hybridized carbons (Fsp3) is 0.462. The normalized spacial score (nSPS) is 12.4. The summed E-state index contributed by atoms with van der Waals surface area (Å²) in [5.41, 5.74) is 0.758. The SMILES string of the molecule is CCS(=O)(=O)CCCOc1cc(F)ccc1C(C)=NO. The summed E-state index contributed by atoms with van der Waals surface area (Å²) in [6, 6.07) is 3.86. The van der Waals surface area contributed by atoms with Crippen LogP contribution in [-0.2, 0) is 9.84 Å². The van der Waals surface area contributed by atoms with E-state index in [-0.39, 0.29) is 23.9 Å². The molecular weight excluding hydrogens is 285 g/mol. The van der Waals surface area contributed by atoms with Crippen molar-refractivity contribution in [3.63, 3.8) is 0 Å². The summed E-state index contributed by atoms with van der Waals surface area (Å²) < 4.78 is 41.2. The maximum Gasteiger partial charge on any atom is 0.150 e. The molecule has 0 fully saturated rings. The fourth-order valence-electron chi connectivity index (χ4n) is 1.57. The molecule has 0 aliphatic carbocycles. The summed E-state index contributed by atoms with van der Waals surface area (Å²) in [5, 5.41) is 11.8. The van der Waals surface area contributed by atoms with Crippen LogP contribution in [0, 0.1) is 5.82 Å². The van der Waals surface area contributed by atoms with Crippen LogP contribution in [0.5, 0.6) is 5.75 Å². The van der Waals surface area contributed by atoms with Crippen LogP contribution in [0.2, 0.25) is 0 Å². The van der Waals surface area contributed by atoms with E-state index in [1.165, 1.54) is 18.2 Å². The molecule has 0 aliphatic heterocycles. The van der Waals surface area contributed by atoms with E-state index in [2.05, 4.69) is 5.16 Å². The van der Waals surface area contributed by atoms with Crippen molar-refractivity contribution in [1.29, 1.82) is 0 Å². The van der Waals surface area contributed by atoms with E-state index in [1.54, 1.807) is 13.8 Å². The summed E-state index contributed by atoms with van der Waals surface area (Å²) in [4.78, 5) is 0. The van der Waals surface area contributed by atoms with Crippen LogP contribution in [0.1, 0.15) is 25.8 Å². The number of sulfone groups is 1. The molecule has 0 bridgehead atoms. The van der Waals surface area contributed by atoms with Gasteiger partial charge in [-0.1, -0.05) is 12.1 Å². The number of halogens is 1. The quantitative estimate of drug-likeness (QED) is 0.363. The van der Waals surface area contributed by atoms with Crippen molar-refractivity contribution in [3.8, 4) is 5.75 Å². The Bertz CT molecular complexity index is 584. The van der Waals surface area contributed by atoms with Crippen LogP contribution in [-0.4, -0.2) is 37.4 Å². The first-order valence-corrected chi connectivity index (χ1v) is 8.03. The molecule has 0 radical (unpaired) electrons. The summed E-state index contributed by atoms with van der Waals surface area (Å²) >= 11 is 0. The second-order valence-electron chi connectivity index (χ2n) is 4.26. The molecule has 7 heteroatoms. The lowest BCUT2D eigenvalue weighted by atomic mass is 10.1. The smallest absolute Gasteiger partial charge is 0.150 e. The molecule has 0 spiro atoms. The molecule has 0 heterocycles. The van der Waals surface area contributed by atoms with Gasteiger partial charge in [0.25, 0.3) is 0 Å². The number of hydrogen-bond donors (Lipinski definition) is 1. The Morgan fingerprint density at radius 1 is 1.45 bits per heavy atom. The third-order valence-electron chi connectivity index (χ3n) is 2.78.